The zero-order valence-corrected chi connectivity index (χ0v) is 13.4. The molecule has 116 valence electrons. The standard InChI is InChI=1S/C16H23N3O.ClH/c1-13-6-4-5-10-19(13)16(20)12-18-11-9-17-14-7-2-3-8-15(14)18;/h2-3,7-8,13,17H,4-6,9-12H2,1H3;1H. The third-order valence-electron chi connectivity index (χ3n) is 4.39. The summed E-state index contributed by atoms with van der Waals surface area (Å²) < 4.78 is 0. The predicted octanol–water partition coefficient (Wildman–Crippen LogP) is 2.74. The molecule has 0 saturated carbocycles. The smallest absolute Gasteiger partial charge is 0.242 e. The Kier molecular flexibility index (Phi) is 5.34. The number of likely N-dealkylation sites (tertiary alicyclic amines) is 1. The summed E-state index contributed by atoms with van der Waals surface area (Å²) in [7, 11) is 0. The number of carbonyl (C=O) groups is 1. The minimum absolute atomic E-state index is 0. The number of nitrogens with one attached hydrogen (secondary N) is 1. The highest BCUT2D eigenvalue weighted by Crippen LogP contribution is 2.28. The van der Waals surface area contributed by atoms with Crippen molar-refractivity contribution in [3.8, 4) is 0 Å². The van der Waals surface area contributed by atoms with Crippen molar-refractivity contribution >= 4 is 29.7 Å². The second kappa shape index (κ2) is 7.03. The number of para-hydroxylation sites is 2. The number of halogens is 1. The number of amides is 1. The normalized spacial score (nSPS) is 21.1. The van der Waals surface area contributed by atoms with Gasteiger partial charge in [0.15, 0.2) is 0 Å². The number of anilines is 2. The van der Waals surface area contributed by atoms with Crippen LogP contribution in [0, 0.1) is 0 Å². The second-order valence-corrected chi connectivity index (χ2v) is 5.80. The van der Waals surface area contributed by atoms with Crippen LogP contribution >= 0.6 is 12.4 Å². The Morgan fingerprint density at radius 2 is 2.10 bits per heavy atom. The van der Waals surface area contributed by atoms with Crippen LogP contribution in [0.5, 0.6) is 0 Å². The van der Waals surface area contributed by atoms with Gasteiger partial charge in [-0.15, -0.1) is 12.4 Å². The molecule has 0 aliphatic carbocycles. The summed E-state index contributed by atoms with van der Waals surface area (Å²) in [5, 5.41) is 3.39. The van der Waals surface area contributed by atoms with E-state index in [1.54, 1.807) is 0 Å². The van der Waals surface area contributed by atoms with E-state index in [-0.39, 0.29) is 18.3 Å². The van der Waals surface area contributed by atoms with Gasteiger partial charge in [-0.2, -0.15) is 0 Å². The van der Waals surface area contributed by atoms with E-state index >= 15 is 0 Å². The molecule has 1 saturated heterocycles. The monoisotopic (exact) mass is 309 g/mol. The molecule has 4 nitrogen and oxygen atoms in total. The van der Waals surface area contributed by atoms with Crippen molar-refractivity contribution in [1.29, 1.82) is 0 Å². The van der Waals surface area contributed by atoms with Crippen molar-refractivity contribution in [2.45, 2.75) is 32.2 Å². The van der Waals surface area contributed by atoms with Gasteiger partial charge >= 0.3 is 0 Å². The van der Waals surface area contributed by atoms with Crippen LogP contribution < -0.4 is 10.2 Å². The van der Waals surface area contributed by atoms with Gasteiger partial charge in [-0.25, -0.2) is 0 Å². The number of rotatable bonds is 2. The van der Waals surface area contributed by atoms with E-state index in [1.807, 2.05) is 12.1 Å². The van der Waals surface area contributed by atoms with E-state index in [0.29, 0.717) is 12.6 Å². The number of piperidine rings is 1. The number of benzene rings is 1. The largest absolute Gasteiger partial charge is 0.382 e. The van der Waals surface area contributed by atoms with Crippen molar-refractivity contribution in [3.63, 3.8) is 0 Å². The fourth-order valence-electron chi connectivity index (χ4n) is 3.23. The Morgan fingerprint density at radius 1 is 1.29 bits per heavy atom. The van der Waals surface area contributed by atoms with Gasteiger partial charge < -0.3 is 15.1 Å². The Bertz CT molecular complexity index is 494. The first kappa shape index (κ1) is 16.0. The van der Waals surface area contributed by atoms with Gasteiger partial charge in [0.2, 0.25) is 5.91 Å². The minimum Gasteiger partial charge on any atom is -0.382 e. The van der Waals surface area contributed by atoms with Crippen molar-refractivity contribution in [3.05, 3.63) is 24.3 Å². The maximum atomic E-state index is 12.6. The zero-order chi connectivity index (χ0) is 13.9. The van der Waals surface area contributed by atoms with E-state index in [1.165, 1.54) is 6.42 Å². The van der Waals surface area contributed by atoms with Crippen LogP contribution in [0.4, 0.5) is 11.4 Å². The lowest BCUT2D eigenvalue weighted by atomic mass is 10.0. The molecule has 1 N–H and O–H groups in total. The van der Waals surface area contributed by atoms with Crippen molar-refractivity contribution < 1.29 is 4.79 Å². The fraction of sp³-hybridized carbons (Fsp3) is 0.562. The van der Waals surface area contributed by atoms with Crippen LogP contribution in [-0.2, 0) is 4.79 Å². The lowest BCUT2D eigenvalue weighted by Crippen LogP contribution is -2.48. The number of nitrogens with zero attached hydrogens (tertiary/aromatic N) is 2. The number of hydrogen-bond acceptors (Lipinski definition) is 3. The molecule has 21 heavy (non-hydrogen) atoms. The third kappa shape index (κ3) is 3.43. The summed E-state index contributed by atoms with van der Waals surface area (Å²) in [6.45, 7) is 5.39. The lowest BCUT2D eigenvalue weighted by Gasteiger charge is -2.37. The first-order valence-electron chi connectivity index (χ1n) is 7.63. The van der Waals surface area contributed by atoms with Crippen LogP contribution in [-0.4, -0.2) is 43.0 Å². The molecule has 0 radical (unpaired) electrons. The van der Waals surface area contributed by atoms with E-state index in [4.69, 9.17) is 0 Å². The van der Waals surface area contributed by atoms with E-state index in [9.17, 15) is 4.79 Å². The first-order valence-corrected chi connectivity index (χ1v) is 7.63. The summed E-state index contributed by atoms with van der Waals surface area (Å²) in [5.41, 5.74) is 2.29. The second-order valence-electron chi connectivity index (χ2n) is 5.80. The molecular weight excluding hydrogens is 286 g/mol. The molecule has 2 aliphatic heterocycles. The van der Waals surface area contributed by atoms with Gasteiger partial charge in [-0.05, 0) is 38.3 Å². The summed E-state index contributed by atoms with van der Waals surface area (Å²) in [6.07, 6.45) is 3.54. The molecule has 1 aromatic carbocycles. The molecule has 3 rings (SSSR count). The Balaban J connectivity index is 0.00000161. The average molecular weight is 310 g/mol. The summed E-state index contributed by atoms with van der Waals surface area (Å²) in [5.74, 6) is 0.272. The quantitative estimate of drug-likeness (QED) is 0.912. The molecule has 2 aliphatic rings. The topological polar surface area (TPSA) is 35.6 Å². The first-order chi connectivity index (χ1) is 9.75. The minimum atomic E-state index is 0. The molecule has 1 amide bonds. The van der Waals surface area contributed by atoms with E-state index in [0.717, 1.165) is 43.9 Å². The number of fused-ring (bicyclic) bond motifs is 1. The van der Waals surface area contributed by atoms with Crippen molar-refractivity contribution in [2.24, 2.45) is 0 Å². The molecule has 5 heteroatoms. The fourth-order valence-corrected chi connectivity index (χ4v) is 3.23. The molecule has 1 fully saturated rings. The number of carbonyl (C=O) groups excluding carboxylic acids is 1. The van der Waals surface area contributed by atoms with E-state index in [2.05, 4.69) is 34.2 Å². The zero-order valence-electron chi connectivity index (χ0n) is 12.5. The predicted molar refractivity (Wildman–Crippen MR) is 89.4 cm³/mol. The van der Waals surface area contributed by atoms with Gasteiger partial charge in [0.05, 0.1) is 17.9 Å². The number of hydrogen-bond donors (Lipinski definition) is 1. The maximum absolute atomic E-state index is 12.6. The highest BCUT2D eigenvalue weighted by Gasteiger charge is 2.26. The van der Waals surface area contributed by atoms with Crippen molar-refractivity contribution in [1.82, 2.24) is 4.90 Å². The average Bonchev–Trinajstić information content (AvgIpc) is 2.48. The Hall–Kier alpha value is -1.42. The molecular formula is C16H24ClN3O. The molecule has 0 spiro atoms. The van der Waals surface area contributed by atoms with Crippen LogP contribution in [0.25, 0.3) is 0 Å². The maximum Gasteiger partial charge on any atom is 0.242 e. The molecule has 2 heterocycles. The van der Waals surface area contributed by atoms with Gasteiger partial charge in [0.1, 0.15) is 0 Å². The van der Waals surface area contributed by atoms with Crippen molar-refractivity contribution in [2.75, 3.05) is 36.4 Å². The summed E-state index contributed by atoms with van der Waals surface area (Å²) in [6, 6.07) is 8.63. The van der Waals surface area contributed by atoms with E-state index < -0.39 is 0 Å². The molecule has 1 aromatic rings. The SMILES string of the molecule is CC1CCCCN1C(=O)CN1CCNc2ccccc21.Cl. The van der Waals surface area contributed by atoms with Gasteiger partial charge in [0, 0.05) is 25.7 Å². The molecule has 1 atom stereocenters. The molecule has 1 unspecified atom stereocenters. The summed E-state index contributed by atoms with van der Waals surface area (Å²) >= 11 is 0. The lowest BCUT2D eigenvalue weighted by molar-refractivity contribution is -0.132. The molecule has 0 aromatic heterocycles. The third-order valence-corrected chi connectivity index (χ3v) is 4.39. The Morgan fingerprint density at radius 3 is 2.90 bits per heavy atom. The van der Waals surface area contributed by atoms with Crippen LogP contribution in [0.3, 0.4) is 0 Å². The van der Waals surface area contributed by atoms with Gasteiger partial charge in [-0.1, -0.05) is 12.1 Å². The van der Waals surface area contributed by atoms with Gasteiger partial charge in [0.25, 0.3) is 0 Å². The highest BCUT2D eigenvalue weighted by atomic mass is 35.5. The molecule has 0 bridgehead atoms. The van der Waals surface area contributed by atoms with Gasteiger partial charge in [-0.3, -0.25) is 4.79 Å². The Labute approximate surface area is 132 Å². The van der Waals surface area contributed by atoms with Crippen LogP contribution in [0.15, 0.2) is 24.3 Å². The van der Waals surface area contributed by atoms with Crippen LogP contribution in [0.1, 0.15) is 26.2 Å². The highest BCUT2D eigenvalue weighted by molar-refractivity contribution is 5.85. The van der Waals surface area contributed by atoms with Crippen LogP contribution in [0.2, 0.25) is 0 Å². The summed E-state index contributed by atoms with van der Waals surface area (Å²) in [4.78, 5) is 16.8.